The third-order valence-electron chi connectivity index (χ3n) is 2.98. The van der Waals surface area contributed by atoms with Crippen LogP contribution < -0.4 is 0 Å². The summed E-state index contributed by atoms with van der Waals surface area (Å²) in [6.45, 7) is 0. The van der Waals surface area contributed by atoms with Gasteiger partial charge in [-0.2, -0.15) is 0 Å². The molecule has 1 aromatic heterocycles. The first kappa shape index (κ1) is 13.3. The lowest BCUT2D eigenvalue weighted by Gasteiger charge is -2.09. The Morgan fingerprint density at radius 3 is 2.65 bits per heavy atom. The molecule has 3 aromatic rings. The second-order valence-corrected chi connectivity index (χ2v) is 4.87. The highest BCUT2D eigenvalue weighted by molar-refractivity contribution is 6.35. The van der Waals surface area contributed by atoms with Gasteiger partial charge in [0.05, 0.1) is 22.1 Å². The van der Waals surface area contributed by atoms with Crippen LogP contribution in [-0.2, 0) is 5.88 Å². The summed E-state index contributed by atoms with van der Waals surface area (Å²) in [5.74, 6) is -0.793. The molecule has 3 rings (SSSR count). The van der Waals surface area contributed by atoms with Crippen molar-refractivity contribution in [2.45, 2.75) is 5.88 Å². The Kier molecular flexibility index (Phi) is 3.36. The van der Waals surface area contributed by atoms with Crippen LogP contribution in [0.1, 0.15) is 5.82 Å². The van der Waals surface area contributed by atoms with Crippen molar-refractivity contribution in [1.29, 1.82) is 0 Å². The smallest absolute Gasteiger partial charge is 0.150 e. The average molecular weight is 313 g/mol. The summed E-state index contributed by atoms with van der Waals surface area (Å²) in [4.78, 5) is 4.31. The Morgan fingerprint density at radius 1 is 1.15 bits per heavy atom. The molecule has 0 fully saturated rings. The molecule has 0 spiro atoms. The molecule has 0 saturated heterocycles. The van der Waals surface area contributed by atoms with Gasteiger partial charge in [-0.15, -0.1) is 11.6 Å². The quantitative estimate of drug-likeness (QED) is 0.627. The third-order valence-corrected chi connectivity index (χ3v) is 3.52. The van der Waals surface area contributed by atoms with E-state index >= 15 is 0 Å². The molecule has 0 unspecified atom stereocenters. The molecule has 2 aromatic carbocycles. The fourth-order valence-corrected chi connectivity index (χ4v) is 2.53. The van der Waals surface area contributed by atoms with Crippen LogP contribution >= 0.6 is 23.2 Å². The van der Waals surface area contributed by atoms with Crippen LogP contribution in [0.15, 0.2) is 36.4 Å². The zero-order valence-electron chi connectivity index (χ0n) is 10.1. The summed E-state index contributed by atoms with van der Waals surface area (Å²) in [6.07, 6.45) is 0. The fraction of sp³-hybridized carbons (Fsp3) is 0.0714. The summed E-state index contributed by atoms with van der Waals surface area (Å²) in [6, 6.07) is 8.55. The van der Waals surface area contributed by atoms with Gasteiger partial charge in [0, 0.05) is 6.07 Å². The first-order valence-electron chi connectivity index (χ1n) is 5.79. The van der Waals surface area contributed by atoms with Gasteiger partial charge in [0.1, 0.15) is 23.0 Å². The van der Waals surface area contributed by atoms with Gasteiger partial charge in [0.2, 0.25) is 0 Å². The molecule has 0 aliphatic carbocycles. The second kappa shape index (κ2) is 5.04. The van der Waals surface area contributed by atoms with E-state index in [-0.39, 0.29) is 11.6 Å². The maximum atomic E-state index is 14.0. The Labute approximate surface area is 123 Å². The standard InChI is InChI=1S/C14H8Cl2F2N2/c15-7-13-19-14-9(16)2-1-3-12(14)20(13)11-5-4-8(17)6-10(11)18/h1-6H,7H2. The number of rotatable bonds is 2. The Balaban J connectivity index is 2.37. The Morgan fingerprint density at radius 2 is 1.95 bits per heavy atom. The van der Waals surface area contributed by atoms with Gasteiger partial charge in [0.25, 0.3) is 0 Å². The zero-order chi connectivity index (χ0) is 14.3. The van der Waals surface area contributed by atoms with Crippen molar-refractivity contribution in [1.82, 2.24) is 9.55 Å². The van der Waals surface area contributed by atoms with E-state index in [0.29, 0.717) is 21.9 Å². The SMILES string of the molecule is Fc1ccc(-n2c(CCl)nc3c(Cl)cccc32)c(F)c1. The minimum absolute atomic E-state index is 0.0851. The predicted molar refractivity (Wildman–Crippen MR) is 75.6 cm³/mol. The topological polar surface area (TPSA) is 17.8 Å². The van der Waals surface area contributed by atoms with Crippen LogP contribution in [0, 0.1) is 11.6 Å². The molecule has 2 nitrogen and oxygen atoms in total. The van der Waals surface area contributed by atoms with Gasteiger partial charge >= 0.3 is 0 Å². The lowest BCUT2D eigenvalue weighted by molar-refractivity contribution is 0.577. The molecule has 0 N–H and O–H groups in total. The van der Waals surface area contributed by atoms with Crippen LogP contribution in [-0.4, -0.2) is 9.55 Å². The summed E-state index contributed by atoms with van der Waals surface area (Å²) in [5.41, 5.74) is 1.35. The van der Waals surface area contributed by atoms with Gasteiger partial charge < -0.3 is 0 Å². The summed E-state index contributed by atoms with van der Waals surface area (Å²) < 4.78 is 28.6. The van der Waals surface area contributed by atoms with Crippen molar-refractivity contribution in [3.05, 3.63) is 58.9 Å². The van der Waals surface area contributed by atoms with E-state index in [9.17, 15) is 8.78 Å². The fourth-order valence-electron chi connectivity index (χ4n) is 2.13. The highest BCUT2D eigenvalue weighted by atomic mass is 35.5. The van der Waals surface area contributed by atoms with Crippen LogP contribution in [0.3, 0.4) is 0 Å². The third kappa shape index (κ3) is 2.05. The predicted octanol–water partition coefficient (Wildman–Crippen LogP) is 4.70. The molecule has 0 radical (unpaired) electrons. The molecular weight excluding hydrogens is 305 g/mol. The number of para-hydroxylation sites is 1. The van der Waals surface area contributed by atoms with E-state index < -0.39 is 11.6 Å². The van der Waals surface area contributed by atoms with E-state index in [2.05, 4.69) is 4.98 Å². The van der Waals surface area contributed by atoms with E-state index in [1.165, 1.54) is 12.1 Å². The number of halogens is 4. The first-order valence-corrected chi connectivity index (χ1v) is 6.70. The molecule has 102 valence electrons. The largest absolute Gasteiger partial charge is 0.292 e. The van der Waals surface area contributed by atoms with Gasteiger partial charge in [-0.1, -0.05) is 17.7 Å². The Bertz CT molecular complexity index is 799. The molecule has 0 aliphatic heterocycles. The van der Waals surface area contributed by atoms with E-state index in [0.717, 1.165) is 6.07 Å². The lowest BCUT2D eigenvalue weighted by Crippen LogP contribution is -2.02. The molecule has 0 saturated carbocycles. The van der Waals surface area contributed by atoms with Gasteiger partial charge in [-0.25, -0.2) is 13.8 Å². The minimum Gasteiger partial charge on any atom is -0.292 e. The minimum atomic E-state index is -0.685. The maximum Gasteiger partial charge on any atom is 0.150 e. The Hall–Kier alpha value is -1.65. The van der Waals surface area contributed by atoms with Crippen molar-refractivity contribution in [2.75, 3.05) is 0 Å². The molecular formula is C14H8Cl2F2N2. The van der Waals surface area contributed by atoms with Gasteiger partial charge in [-0.05, 0) is 24.3 Å². The van der Waals surface area contributed by atoms with E-state index in [1.54, 1.807) is 22.8 Å². The van der Waals surface area contributed by atoms with E-state index in [4.69, 9.17) is 23.2 Å². The number of hydrogen-bond donors (Lipinski definition) is 0. The highest BCUT2D eigenvalue weighted by Crippen LogP contribution is 2.28. The highest BCUT2D eigenvalue weighted by Gasteiger charge is 2.16. The lowest BCUT2D eigenvalue weighted by atomic mass is 10.2. The van der Waals surface area contributed by atoms with E-state index in [1.807, 2.05) is 0 Å². The summed E-state index contributed by atoms with van der Waals surface area (Å²) in [5, 5.41) is 0.454. The van der Waals surface area contributed by atoms with Crippen molar-refractivity contribution in [2.24, 2.45) is 0 Å². The maximum absolute atomic E-state index is 14.0. The molecule has 0 atom stereocenters. The van der Waals surface area contributed by atoms with Gasteiger partial charge in [-0.3, -0.25) is 4.57 Å². The van der Waals surface area contributed by atoms with Crippen molar-refractivity contribution < 1.29 is 8.78 Å². The number of aromatic nitrogens is 2. The van der Waals surface area contributed by atoms with Gasteiger partial charge in [0.15, 0.2) is 0 Å². The van der Waals surface area contributed by atoms with Crippen LogP contribution in [0.25, 0.3) is 16.7 Å². The first-order chi connectivity index (χ1) is 9.61. The summed E-state index contributed by atoms with van der Waals surface area (Å²) in [7, 11) is 0. The number of hydrogen-bond acceptors (Lipinski definition) is 1. The van der Waals surface area contributed by atoms with Crippen molar-refractivity contribution in [3.8, 4) is 5.69 Å². The summed E-state index contributed by atoms with van der Waals surface area (Å²) >= 11 is 11.9. The second-order valence-electron chi connectivity index (χ2n) is 4.20. The van der Waals surface area contributed by atoms with Crippen LogP contribution in [0.4, 0.5) is 8.78 Å². The van der Waals surface area contributed by atoms with Crippen LogP contribution in [0.5, 0.6) is 0 Å². The number of alkyl halides is 1. The average Bonchev–Trinajstić information content (AvgIpc) is 2.79. The molecule has 0 amide bonds. The monoisotopic (exact) mass is 312 g/mol. The zero-order valence-corrected chi connectivity index (χ0v) is 11.6. The van der Waals surface area contributed by atoms with Crippen molar-refractivity contribution >= 4 is 34.2 Å². The normalized spacial score (nSPS) is 11.2. The molecule has 6 heteroatoms. The number of fused-ring (bicyclic) bond motifs is 1. The number of imidazole rings is 1. The molecule has 0 bridgehead atoms. The molecule has 0 aliphatic rings. The van der Waals surface area contributed by atoms with Crippen molar-refractivity contribution in [3.63, 3.8) is 0 Å². The number of benzene rings is 2. The number of nitrogens with zero attached hydrogens (tertiary/aromatic N) is 2. The van der Waals surface area contributed by atoms with Crippen LogP contribution in [0.2, 0.25) is 5.02 Å². The molecule has 20 heavy (non-hydrogen) atoms. The molecule has 1 heterocycles.